The van der Waals surface area contributed by atoms with E-state index >= 15 is 0 Å². The molecule has 0 amide bonds. The summed E-state index contributed by atoms with van der Waals surface area (Å²) in [6, 6.07) is 31.3. The fourth-order valence-electron chi connectivity index (χ4n) is 9.60. The van der Waals surface area contributed by atoms with Crippen molar-refractivity contribution in [3.63, 3.8) is 0 Å². The van der Waals surface area contributed by atoms with E-state index in [4.69, 9.17) is 15.5 Å². The first-order valence-corrected chi connectivity index (χ1v) is 50.7. The van der Waals surface area contributed by atoms with Gasteiger partial charge in [-0.05, 0) is 114 Å². The molecule has 6 rings (SSSR count). The van der Waals surface area contributed by atoms with Gasteiger partial charge in [0, 0.05) is 32.5 Å². The van der Waals surface area contributed by atoms with E-state index in [1.165, 1.54) is 116 Å². The lowest BCUT2D eigenvalue weighted by atomic mass is 10.1. The van der Waals surface area contributed by atoms with E-state index in [1.54, 1.807) is 24.3 Å². The van der Waals surface area contributed by atoms with E-state index < -0.39 is 132 Å². The summed E-state index contributed by atoms with van der Waals surface area (Å²) in [7, 11) is -6.56. The molecule has 0 saturated carbocycles. The van der Waals surface area contributed by atoms with Crippen LogP contribution in [0, 0.1) is 29.1 Å². The number of aliphatic hydroxyl groups is 2. The van der Waals surface area contributed by atoms with E-state index in [0.29, 0.717) is 91.3 Å². The molecule has 19 nitrogen and oxygen atoms in total. The summed E-state index contributed by atoms with van der Waals surface area (Å²) in [5, 5.41) is 45.2. The van der Waals surface area contributed by atoms with Gasteiger partial charge in [0.1, 0.15) is 50.9 Å². The molecular formula is C86H102F26O19S8. The minimum absolute atomic E-state index is 0.0396. The number of rotatable bonds is 47. The molecule has 53 heteroatoms. The summed E-state index contributed by atoms with van der Waals surface area (Å²) in [6.45, 7) is 17.1. The fourth-order valence-corrected chi connectivity index (χ4v) is 19.6. The Balaban J connectivity index is -0.00000151. The summed E-state index contributed by atoms with van der Waals surface area (Å²) >= 11 is 3.11. The largest absolute Gasteiger partial charge is 0.743 e. The average molecular weight is 2190 g/mol. The molecule has 0 atom stereocenters. The molecule has 790 valence electrons. The number of alkyl halides is 21. The molecule has 6 aromatic carbocycles. The number of carbonyl (C=O) groups is 4. The van der Waals surface area contributed by atoms with Crippen LogP contribution in [0.15, 0.2) is 180 Å². The van der Waals surface area contributed by atoms with Crippen molar-refractivity contribution in [1.29, 1.82) is 0 Å². The highest BCUT2D eigenvalue weighted by atomic mass is 32.2. The standard InChI is InChI=1S/2C16H25OS.C16H27OS.C12H17O3S.C8H4F6O3S.C8H4F6.C6HF5O3S.C4HF9O4S.H2O3S/c2*1-3-5-12-18(13-6-4-2)14-16(17)15-10-8-7-9-11-15;1-4-7-10-11-12-16(17)15-18(13-8-5-2)14-9-6-3;13-6-8-16(9-7-14)10-12(15)11-4-2-1-3-5-11;9-7(10,11)4-1-5(8(12,13)14)3-6(2-4)18-17-16-15;9-7(10,11)5-2-1-3-6(4-5)8(12,13)14;7-1-2(8)4(10)6(15-14-13-12)5(11)3(1)9;5-1(6,7)2(8,9)17-3(10,11)4(12,13)18(14,15)16;1-2-3-4/h2*7-11H,3-6,12-14H2,1-2H3;4,7,10-12H,1,5-6,8-9,13-15H2,2-3H3;1-5,13-14H,6-10H2;1-3,15H;1-4H;12H;(H,14,15,16);1,4H/q4*+1;;;;;/p-4/b;;10-7-,12-11+;;;;;;. The van der Waals surface area contributed by atoms with Gasteiger partial charge in [-0.25, -0.2) is 40.4 Å². The number of hydrogen-bond acceptors (Lipinski definition) is 22. The predicted octanol–water partition coefficient (Wildman–Crippen LogP) is 22.8. The molecule has 139 heavy (non-hydrogen) atoms. The quantitative estimate of drug-likeness (QED) is 0.00260. The van der Waals surface area contributed by atoms with Crippen LogP contribution in [0.25, 0.3) is 0 Å². The molecular weight excluding hydrogens is 2090 g/mol. The first-order valence-electron chi connectivity index (χ1n) is 40.6. The zero-order valence-corrected chi connectivity index (χ0v) is 81.2. The normalized spacial score (nSPS) is 12.0. The van der Waals surface area contributed by atoms with E-state index in [0.717, 1.165) is 34.5 Å². The molecule has 0 saturated heterocycles. The highest BCUT2D eigenvalue weighted by molar-refractivity contribution is 7.98. The van der Waals surface area contributed by atoms with Crippen LogP contribution in [0.2, 0.25) is 0 Å². The Bertz CT molecular complexity index is 4380. The van der Waals surface area contributed by atoms with Crippen LogP contribution in [0.5, 0.6) is 0 Å². The molecule has 0 aliphatic carbocycles. The first-order chi connectivity index (χ1) is 64.8. The summed E-state index contributed by atoms with van der Waals surface area (Å²) in [5.74, 6) is 1.46. The third kappa shape index (κ3) is 58.7. The maximum atomic E-state index is 12.7. The lowest BCUT2D eigenvalue weighted by Crippen LogP contribution is -2.54. The van der Waals surface area contributed by atoms with Crippen molar-refractivity contribution in [1.82, 2.24) is 0 Å². The van der Waals surface area contributed by atoms with Crippen LogP contribution >= 0.6 is 24.1 Å². The minimum atomic E-state index is -7.24. The molecule has 6 aromatic rings. The molecule has 0 unspecified atom stereocenters. The maximum Gasteiger partial charge on any atom is 0.483 e. The number of aliphatic hydroxyl groups excluding tert-OH is 2. The molecule has 0 bridgehead atoms. The van der Waals surface area contributed by atoms with Gasteiger partial charge in [0.2, 0.25) is 29.0 Å². The van der Waals surface area contributed by atoms with Crippen LogP contribution in [0.4, 0.5) is 114 Å². The van der Waals surface area contributed by atoms with Gasteiger partial charge >= 0.3 is 48.4 Å². The van der Waals surface area contributed by atoms with Crippen molar-refractivity contribution < 1.29 is 205 Å². The Hall–Kier alpha value is -6.72. The lowest BCUT2D eigenvalue weighted by molar-refractivity contribution is -0.777. The van der Waals surface area contributed by atoms with Gasteiger partial charge < -0.3 is 42.5 Å². The van der Waals surface area contributed by atoms with Gasteiger partial charge in [0.05, 0.1) is 59.6 Å². The van der Waals surface area contributed by atoms with Gasteiger partial charge in [0.15, 0.2) is 56.4 Å². The monoisotopic (exact) mass is 2190 g/mol. The molecule has 0 radical (unpaired) electrons. The molecule has 0 aliphatic heterocycles. The fraction of sp³-hybridized carbons (Fsp3) is 0.465. The number of benzene rings is 6. The van der Waals surface area contributed by atoms with Crippen molar-refractivity contribution in [3.05, 3.63) is 238 Å². The number of carbonyl (C=O) groups excluding carboxylic acids is 4. The molecule has 0 heterocycles. The summed E-state index contributed by atoms with van der Waals surface area (Å²) < 4.78 is 356. The first kappa shape index (κ1) is 136. The molecule has 0 spiro atoms. The third-order valence-corrected chi connectivity index (χ3v) is 28.1. The Labute approximate surface area is 811 Å². The van der Waals surface area contributed by atoms with Gasteiger partial charge in [-0.1, -0.05) is 213 Å². The molecule has 3 N–H and O–H groups in total. The van der Waals surface area contributed by atoms with Crippen molar-refractivity contribution >= 4 is 114 Å². The molecule has 0 aromatic heterocycles. The van der Waals surface area contributed by atoms with Crippen LogP contribution in [-0.2, 0) is 129 Å². The second kappa shape index (κ2) is 72.5. The summed E-state index contributed by atoms with van der Waals surface area (Å²) in [4.78, 5) is 46.1. The number of halogens is 26. The van der Waals surface area contributed by atoms with Crippen molar-refractivity contribution in [3.8, 4) is 0 Å². The van der Waals surface area contributed by atoms with E-state index in [1.807, 2.05) is 97.1 Å². The number of Topliss-reactive ketones (excluding diaryl/α,β-unsaturated/α-hetero) is 3. The van der Waals surface area contributed by atoms with Gasteiger partial charge in [0.25, 0.3) is 0 Å². The number of unbranched alkanes of at least 4 members (excludes halogenated alkanes) is 6. The number of ether oxygens (including phenoxy) is 1. The highest BCUT2D eigenvalue weighted by Gasteiger charge is 2.72. The minimum Gasteiger partial charge on any atom is -0.743 e. The van der Waals surface area contributed by atoms with Crippen molar-refractivity contribution in [2.24, 2.45) is 0 Å². The van der Waals surface area contributed by atoms with Crippen LogP contribution < -0.4 is 10.5 Å². The lowest BCUT2D eigenvalue weighted by Gasteiger charge is -2.31. The number of allylic oxidation sites excluding steroid dienone is 5. The number of hydrogen-bond donors (Lipinski definition) is 3. The zero-order valence-electron chi connectivity index (χ0n) is 74.6. The van der Waals surface area contributed by atoms with Gasteiger partial charge in [-0.2, -0.15) is 101 Å². The van der Waals surface area contributed by atoms with E-state index in [-0.39, 0.29) is 59.9 Å². The molecule has 0 aliphatic rings. The van der Waals surface area contributed by atoms with Gasteiger partial charge in [-0.3, -0.25) is 29.3 Å². The Kier molecular flexibility index (Phi) is 71.2. The van der Waals surface area contributed by atoms with Crippen molar-refractivity contribution in [2.75, 3.05) is 82.2 Å². The van der Waals surface area contributed by atoms with Crippen LogP contribution in [0.3, 0.4) is 0 Å². The Morgan fingerprint density at radius 3 is 0.986 bits per heavy atom. The Morgan fingerprint density at radius 2 is 0.712 bits per heavy atom. The van der Waals surface area contributed by atoms with E-state index in [2.05, 4.69) is 89.1 Å². The third-order valence-electron chi connectivity index (χ3n) is 16.6. The van der Waals surface area contributed by atoms with Crippen LogP contribution in [0.1, 0.15) is 172 Å². The van der Waals surface area contributed by atoms with E-state index in [9.17, 15) is 157 Å². The maximum absolute atomic E-state index is 12.7. The second-order valence-electron chi connectivity index (χ2n) is 27.4. The topological polar surface area (TPSA) is 297 Å². The summed E-state index contributed by atoms with van der Waals surface area (Å²) in [6.07, 6.45) is -16.1. The summed E-state index contributed by atoms with van der Waals surface area (Å²) in [5.41, 5.74) is -3.15. The van der Waals surface area contributed by atoms with Crippen LogP contribution in [-0.4, -0.2) is 157 Å². The smallest absolute Gasteiger partial charge is 0.483 e. The van der Waals surface area contributed by atoms with Crippen molar-refractivity contribution in [2.45, 2.75) is 177 Å². The SMILES string of the molecule is C=C/C=C\C=C\C(=O)C[S+](CCCC)CCCC.CCCC[S+](CCCC)CC(=O)c1ccccc1.CCCC[S+](CCCC)CC(=O)c1ccccc1.FC(F)(F)c1cccc(C(F)(F)F)c1.O=C(C[S+](CCO)CCO)c1ccccc1.O=S(=O)([O-])C(F)(F)C(F)(F)OC(F)(F)C(F)(F)F.OOO[S-].[O-]OOSc1c(F)c(F)c(F)c(F)c1F.[O-]OOSc1cc(C(F)(F)F)cc(C(F)(F)F)c1. The van der Waals surface area contributed by atoms with Gasteiger partial charge in [-0.15, -0.1) is 0 Å². The number of ketones is 4. The predicted molar refractivity (Wildman–Crippen MR) is 476 cm³/mol. The zero-order chi connectivity index (χ0) is 107. The highest BCUT2D eigenvalue weighted by Crippen LogP contribution is 2.48. The second-order valence-corrected chi connectivity index (χ2v) is 39.8. The Morgan fingerprint density at radius 1 is 0.417 bits per heavy atom. The molecule has 0 fully saturated rings. The average Bonchev–Trinajstić information content (AvgIpc) is 0.756.